The maximum atomic E-state index is 13.2. The molecule has 1 amide bonds. The summed E-state index contributed by atoms with van der Waals surface area (Å²) < 4.78 is 46.8. The van der Waals surface area contributed by atoms with Gasteiger partial charge in [-0.25, -0.2) is 17.9 Å². The number of carbonyl (C=O) groups is 1. The van der Waals surface area contributed by atoms with Crippen LogP contribution in [0.3, 0.4) is 0 Å². The lowest BCUT2D eigenvalue weighted by Crippen LogP contribution is -2.47. The topological polar surface area (TPSA) is 94.2 Å². The first-order valence-electron chi connectivity index (χ1n) is 11.5. The van der Waals surface area contributed by atoms with E-state index in [1.54, 1.807) is 17.0 Å². The summed E-state index contributed by atoms with van der Waals surface area (Å²) in [5.41, 5.74) is -0.104. The lowest BCUT2D eigenvalue weighted by Gasteiger charge is -2.33. The molecule has 2 fully saturated rings. The summed E-state index contributed by atoms with van der Waals surface area (Å²) in [5, 5.41) is 0. The summed E-state index contributed by atoms with van der Waals surface area (Å²) in [7, 11) is -4.39. The molecule has 0 aliphatic carbocycles. The molecule has 3 rings (SSSR count). The number of piperidine rings is 1. The lowest BCUT2D eigenvalue weighted by molar-refractivity contribution is 0.00578. The molecular weight excluding hydrogens is 443 g/mol. The molecule has 1 aromatic rings. The molecule has 184 valence electrons. The van der Waals surface area contributed by atoms with E-state index < -0.39 is 33.9 Å². The summed E-state index contributed by atoms with van der Waals surface area (Å²) >= 11 is 0. The average molecular weight is 480 g/mol. The van der Waals surface area contributed by atoms with E-state index in [1.807, 2.05) is 61.5 Å². The Bertz CT molecular complexity index is 979. The van der Waals surface area contributed by atoms with E-state index in [9.17, 15) is 13.2 Å². The van der Waals surface area contributed by atoms with Crippen LogP contribution in [-0.2, 0) is 24.1 Å². The minimum Gasteiger partial charge on any atom is -0.444 e. The van der Waals surface area contributed by atoms with E-state index in [0.717, 1.165) is 5.56 Å². The third kappa shape index (κ3) is 6.09. The molecule has 2 saturated heterocycles. The van der Waals surface area contributed by atoms with Gasteiger partial charge in [0.2, 0.25) is 10.0 Å². The zero-order chi connectivity index (χ0) is 24.8. The van der Waals surface area contributed by atoms with Crippen LogP contribution in [-0.4, -0.2) is 62.5 Å². The first-order chi connectivity index (χ1) is 15.0. The molecule has 0 saturated carbocycles. The Kier molecular flexibility index (Phi) is 6.99. The van der Waals surface area contributed by atoms with E-state index in [2.05, 4.69) is 4.72 Å². The predicted molar refractivity (Wildman–Crippen MR) is 128 cm³/mol. The SMILES string of the molecule is Cc1cc(B2OC(C)(C)C(C)(C)O2)cc(S(=O)(=O)NC2CCN(C(=O)OC(C)(C)C)CC2)c1. The molecule has 2 heterocycles. The summed E-state index contributed by atoms with van der Waals surface area (Å²) in [6.07, 6.45) is 0.678. The van der Waals surface area contributed by atoms with Crippen molar-refractivity contribution < 1.29 is 27.3 Å². The molecule has 0 atom stereocenters. The number of hydrogen-bond acceptors (Lipinski definition) is 6. The van der Waals surface area contributed by atoms with Gasteiger partial charge in [0.25, 0.3) is 0 Å². The maximum absolute atomic E-state index is 13.2. The normalized spacial score (nSPS) is 21.3. The van der Waals surface area contributed by atoms with Gasteiger partial charge < -0.3 is 18.9 Å². The van der Waals surface area contributed by atoms with Crippen molar-refractivity contribution >= 4 is 28.7 Å². The Morgan fingerprint density at radius 1 is 1.09 bits per heavy atom. The largest absolute Gasteiger partial charge is 0.494 e. The van der Waals surface area contributed by atoms with Gasteiger partial charge in [0.05, 0.1) is 16.1 Å². The van der Waals surface area contributed by atoms with Crippen molar-refractivity contribution in [1.82, 2.24) is 9.62 Å². The van der Waals surface area contributed by atoms with E-state index in [4.69, 9.17) is 14.0 Å². The Morgan fingerprint density at radius 2 is 1.64 bits per heavy atom. The van der Waals surface area contributed by atoms with Gasteiger partial charge in [0.15, 0.2) is 0 Å². The van der Waals surface area contributed by atoms with Crippen LogP contribution in [0.5, 0.6) is 0 Å². The van der Waals surface area contributed by atoms with Crippen LogP contribution in [0.4, 0.5) is 4.79 Å². The van der Waals surface area contributed by atoms with Crippen molar-refractivity contribution in [1.29, 1.82) is 0 Å². The molecule has 10 heteroatoms. The Labute approximate surface area is 198 Å². The van der Waals surface area contributed by atoms with E-state index in [-0.39, 0.29) is 17.0 Å². The van der Waals surface area contributed by atoms with Crippen LogP contribution >= 0.6 is 0 Å². The van der Waals surface area contributed by atoms with Crippen LogP contribution in [0, 0.1) is 6.92 Å². The third-order valence-corrected chi connectivity index (χ3v) is 7.88. The van der Waals surface area contributed by atoms with Crippen LogP contribution in [0.15, 0.2) is 23.1 Å². The van der Waals surface area contributed by atoms with E-state index in [0.29, 0.717) is 31.4 Å². The van der Waals surface area contributed by atoms with Gasteiger partial charge in [-0.3, -0.25) is 0 Å². The summed E-state index contributed by atoms with van der Waals surface area (Å²) in [5.74, 6) is 0. The first-order valence-corrected chi connectivity index (χ1v) is 12.9. The van der Waals surface area contributed by atoms with Crippen molar-refractivity contribution in [3.05, 3.63) is 23.8 Å². The van der Waals surface area contributed by atoms with Gasteiger partial charge in [0.1, 0.15) is 5.60 Å². The van der Waals surface area contributed by atoms with Gasteiger partial charge in [-0.15, -0.1) is 0 Å². The second-order valence-electron chi connectivity index (χ2n) is 11.0. The maximum Gasteiger partial charge on any atom is 0.494 e. The zero-order valence-electron chi connectivity index (χ0n) is 21.0. The molecule has 0 aromatic heterocycles. The third-order valence-electron chi connectivity index (χ3n) is 6.38. The van der Waals surface area contributed by atoms with Crippen LogP contribution < -0.4 is 10.2 Å². The first kappa shape index (κ1) is 26.0. The highest BCUT2D eigenvalue weighted by Gasteiger charge is 2.51. The number of hydrogen-bond donors (Lipinski definition) is 1. The minimum atomic E-state index is -3.75. The molecule has 0 bridgehead atoms. The predicted octanol–water partition coefficient (Wildman–Crippen LogP) is 2.97. The number of nitrogens with zero attached hydrogens (tertiary/aromatic N) is 1. The highest BCUT2D eigenvalue weighted by molar-refractivity contribution is 7.89. The fraction of sp³-hybridized carbons (Fsp3) is 0.696. The quantitative estimate of drug-likeness (QED) is 0.666. The molecule has 33 heavy (non-hydrogen) atoms. The Balaban J connectivity index is 1.69. The number of rotatable bonds is 4. The average Bonchev–Trinajstić information content (AvgIpc) is 2.87. The van der Waals surface area contributed by atoms with Crippen molar-refractivity contribution in [2.75, 3.05) is 13.1 Å². The van der Waals surface area contributed by atoms with Gasteiger partial charge in [-0.2, -0.15) is 0 Å². The van der Waals surface area contributed by atoms with Gasteiger partial charge in [-0.1, -0.05) is 11.6 Å². The molecule has 0 unspecified atom stereocenters. The molecule has 1 N–H and O–H groups in total. The second-order valence-corrected chi connectivity index (χ2v) is 12.7. The van der Waals surface area contributed by atoms with Crippen LogP contribution in [0.1, 0.15) is 66.9 Å². The highest BCUT2D eigenvalue weighted by atomic mass is 32.2. The molecule has 1 aromatic carbocycles. The monoisotopic (exact) mass is 480 g/mol. The molecule has 2 aliphatic heterocycles. The van der Waals surface area contributed by atoms with Crippen molar-refractivity contribution in [3.63, 3.8) is 0 Å². The van der Waals surface area contributed by atoms with Gasteiger partial charge in [0, 0.05) is 19.1 Å². The summed E-state index contributed by atoms with van der Waals surface area (Å²) in [4.78, 5) is 14.1. The molecule has 0 radical (unpaired) electrons. The smallest absolute Gasteiger partial charge is 0.444 e. The van der Waals surface area contributed by atoms with Crippen LogP contribution in [0.25, 0.3) is 0 Å². The molecule has 0 spiro atoms. The number of aryl methyl sites for hydroxylation is 1. The van der Waals surface area contributed by atoms with E-state index in [1.165, 1.54) is 0 Å². The second kappa shape index (κ2) is 8.87. The number of amides is 1. The number of nitrogens with one attached hydrogen (secondary N) is 1. The summed E-state index contributed by atoms with van der Waals surface area (Å²) in [6.45, 7) is 16.1. The van der Waals surface area contributed by atoms with Gasteiger partial charge in [-0.05, 0) is 85.8 Å². The number of sulfonamides is 1. The number of likely N-dealkylation sites (tertiary alicyclic amines) is 1. The summed E-state index contributed by atoms with van der Waals surface area (Å²) in [6, 6.07) is 4.90. The number of carbonyl (C=O) groups excluding carboxylic acids is 1. The van der Waals surface area contributed by atoms with Gasteiger partial charge >= 0.3 is 13.2 Å². The minimum absolute atomic E-state index is 0.182. The van der Waals surface area contributed by atoms with E-state index >= 15 is 0 Å². The van der Waals surface area contributed by atoms with Crippen molar-refractivity contribution in [2.24, 2.45) is 0 Å². The molecular formula is C23H37BN2O6S. The Morgan fingerprint density at radius 3 is 2.15 bits per heavy atom. The van der Waals surface area contributed by atoms with Crippen molar-refractivity contribution in [3.8, 4) is 0 Å². The standard InChI is InChI=1S/C23H37BN2O6S/c1-16-13-17(24-31-22(5,6)23(7,8)32-24)15-19(14-16)33(28,29)25-18-9-11-26(12-10-18)20(27)30-21(2,3)4/h13-15,18,25H,9-12H2,1-8H3. The Hall–Kier alpha value is -1.62. The molecule has 2 aliphatic rings. The molecule has 8 nitrogen and oxygen atoms in total. The van der Waals surface area contributed by atoms with Crippen LogP contribution in [0.2, 0.25) is 0 Å². The van der Waals surface area contributed by atoms with Crippen molar-refractivity contribution in [2.45, 2.75) is 96.0 Å². The number of benzene rings is 1. The number of ether oxygens (including phenoxy) is 1. The highest BCUT2D eigenvalue weighted by Crippen LogP contribution is 2.36. The fourth-order valence-electron chi connectivity index (χ4n) is 3.84. The lowest BCUT2D eigenvalue weighted by atomic mass is 9.78. The zero-order valence-corrected chi connectivity index (χ0v) is 21.8. The fourth-order valence-corrected chi connectivity index (χ4v) is 5.28.